The van der Waals surface area contributed by atoms with Crippen molar-refractivity contribution >= 4 is 23.9 Å². The Morgan fingerprint density at radius 3 is 0.974 bits per heavy atom. The minimum absolute atomic E-state index is 0.0714. The Labute approximate surface area is 472 Å². The third-order valence-corrected chi connectivity index (χ3v) is 15.7. The first-order valence-corrected chi connectivity index (χ1v) is 33.0. The van der Waals surface area contributed by atoms with Crippen molar-refractivity contribution in [3.63, 3.8) is 0 Å². The number of carboxylic acids is 1. The number of ether oxygens (including phenoxy) is 5. The van der Waals surface area contributed by atoms with Gasteiger partial charge in [0, 0.05) is 19.3 Å². The molecule has 1 aliphatic rings. The quantitative estimate of drug-likeness (QED) is 0.0299. The van der Waals surface area contributed by atoms with E-state index in [2.05, 4.69) is 20.8 Å². The number of esters is 3. The van der Waals surface area contributed by atoms with Crippen molar-refractivity contribution in [1.82, 2.24) is 0 Å². The number of rotatable bonds is 58. The van der Waals surface area contributed by atoms with E-state index in [0.29, 0.717) is 19.3 Å². The normalized spacial score (nSPS) is 17.9. The van der Waals surface area contributed by atoms with Crippen molar-refractivity contribution in [1.29, 1.82) is 0 Å². The summed E-state index contributed by atoms with van der Waals surface area (Å²) < 4.78 is 28.5. The van der Waals surface area contributed by atoms with Gasteiger partial charge in [0.1, 0.15) is 18.8 Å². The smallest absolute Gasteiger partial charge is 0.335 e. The third kappa shape index (κ3) is 44.1. The van der Waals surface area contributed by atoms with Gasteiger partial charge in [-0.15, -0.1) is 0 Å². The highest BCUT2D eigenvalue weighted by atomic mass is 16.7. The molecule has 1 fully saturated rings. The molecule has 1 aliphatic heterocycles. The van der Waals surface area contributed by atoms with Crippen LogP contribution in [0.4, 0.5) is 0 Å². The van der Waals surface area contributed by atoms with Crippen LogP contribution in [-0.2, 0) is 42.9 Å². The molecule has 12 nitrogen and oxygen atoms in total. The summed E-state index contributed by atoms with van der Waals surface area (Å²) in [4.78, 5) is 51.2. The first-order chi connectivity index (χ1) is 37.6. The Morgan fingerprint density at radius 1 is 0.377 bits per heavy atom. The Kier molecular flexibility index (Phi) is 51.3. The molecule has 1 rings (SSSR count). The van der Waals surface area contributed by atoms with Gasteiger partial charge in [0.2, 0.25) is 0 Å². The van der Waals surface area contributed by atoms with E-state index in [4.69, 9.17) is 23.7 Å². The number of aliphatic carboxylic acids is 1. The lowest BCUT2D eigenvalue weighted by Gasteiger charge is -2.40. The van der Waals surface area contributed by atoms with E-state index in [-0.39, 0.29) is 25.9 Å². The lowest BCUT2D eigenvalue weighted by Crippen LogP contribution is -2.61. The Morgan fingerprint density at radius 2 is 0.662 bits per heavy atom. The van der Waals surface area contributed by atoms with Crippen LogP contribution in [0.25, 0.3) is 0 Å². The fourth-order valence-electron chi connectivity index (χ4n) is 10.6. The average Bonchev–Trinajstić information content (AvgIpc) is 3.42. The van der Waals surface area contributed by atoms with Gasteiger partial charge in [0.05, 0.1) is 6.61 Å². The van der Waals surface area contributed by atoms with Crippen LogP contribution in [0.3, 0.4) is 0 Å². The van der Waals surface area contributed by atoms with Gasteiger partial charge < -0.3 is 39.0 Å². The van der Waals surface area contributed by atoms with Crippen molar-refractivity contribution in [3.05, 3.63) is 0 Å². The SMILES string of the molecule is CCCCCCCCCCCCCCCCCCCCCC(=O)OC1C(OCC(COC(=O)CCCCCCCCCCCCCCCCCCC)OC(=O)CCCCCCCCCCCCC)OC(C(=O)O)C(O)C1O. The molecule has 3 N–H and O–H groups in total. The summed E-state index contributed by atoms with van der Waals surface area (Å²) in [5.74, 6) is -3.06. The number of aliphatic hydroxyl groups excluding tert-OH is 2. The van der Waals surface area contributed by atoms with Crippen LogP contribution in [0.15, 0.2) is 0 Å². The zero-order valence-corrected chi connectivity index (χ0v) is 50.2. The van der Waals surface area contributed by atoms with E-state index in [9.17, 15) is 34.5 Å². The van der Waals surface area contributed by atoms with Gasteiger partial charge in [0.15, 0.2) is 24.6 Å². The molecule has 0 bridgehead atoms. The van der Waals surface area contributed by atoms with E-state index < -0.39 is 67.3 Å². The minimum atomic E-state index is -1.89. The number of unbranched alkanes of at least 4 members (excludes halogenated alkanes) is 44. The van der Waals surface area contributed by atoms with Crippen LogP contribution in [0, 0.1) is 0 Å². The molecule has 0 saturated carbocycles. The lowest BCUT2D eigenvalue weighted by atomic mass is 9.98. The highest BCUT2D eigenvalue weighted by Gasteiger charge is 2.50. The number of aliphatic hydroxyl groups is 2. The van der Waals surface area contributed by atoms with Crippen molar-refractivity contribution in [2.24, 2.45) is 0 Å². The van der Waals surface area contributed by atoms with Gasteiger partial charge in [-0.3, -0.25) is 14.4 Å². The summed E-state index contributed by atoms with van der Waals surface area (Å²) in [6, 6.07) is 0. The number of carbonyl (C=O) groups is 4. The predicted molar refractivity (Wildman–Crippen MR) is 313 cm³/mol. The van der Waals surface area contributed by atoms with Gasteiger partial charge >= 0.3 is 23.9 Å². The second-order valence-electron chi connectivity index (χ2n) is 23.1. The second-order valence-corrected chi connectivity index (χ2v) is 23.1. The summed E-state index contributed by atoms with van der Waals surface area (Å²) in [5.41, 5.74) is 0. The zero-order valence-electron chi connectivity index (χ0n) is 50.2. The molecule has 6 unspecified atom stereocenters. The van der Waals surface area contributed by atoms with Gasteiger partial charge in [-0.1, -0.05) is 303 Å². The molecular formula is C65H122O12. The summed E-state index contributed by atoms with van der Waals surface area (Å²) in [5, 5.41) is 31.6. The fourth-order valence-corrected chi connectivity index (χ4v) is 10.6. The van der Waals surface area contributed by atoms with E-state index in [0.717, 1.165) is 57.8 Å². The van der Waals surface area contributed by atoms with Gasteiger partial charge in [-0.05, 0) is 19.3 Å². The Bertz CT molecular complexity index is 1340. The number of carbonyl (C=O) groups excluding carboxylic acids is 3. The van der Waals surface area contributed by atoms with Gasteiger partial charge in [-0.25, -0.2) is 4.79 Å². The molecule has 77 heavy (non-hydrogen) atoms. The molecule has 0 spiro atoms. The van der Waals surface area contributed by atoms with Crippen molar-refractivity contribution in [2.45, 2.75) is 379 Å². The van der Waals surface area contributed by atoms with E-state index in [1.54, 1.807) is 0 Å². The van der Waals surface area contributed by atoms with Crippen LogP contribution in [0.1, 0.15) is 342 Å². The topological polar surface area (TPSA) is 175 Å². The molecule has 0 aromatic rings. The van der Waals surface area contributed by atoms with Gasteiger partial charge in [-0.2, -0.15) is 0 Å². The molecule has 0 aliphatic carbocycles. The average molecular weight is 1100 g/mol. The minimum Gasteiger partial charge on any atom is -0.479 e. The van der Waals surface area contributed by atoms with Crippen LogP contribution < -0.4 is 0 Å². The maximum Gasteiger partial charge on any atom is 0.335 e. The molecule has 454 valence electrons. The van der Waals surface area contributed by atoms with Gasteiger partial charge in [0.25, 0.3) is 0 Å². The van der Waals surface area contributed by atoms with Crippen molar-refractivity contribution in [2.75, 3.05) is 13.2 Å². The molecule has 0 amide bonds. The maximum atomic E-state index is 13.1. The van der Waals surface area contributed by atoms with Crippen molar-refractivity contribution < 1.29 is 58.2 Å². The fraction of sp³-hybridized carbons (Fsp3) is 0.938. The standard InChI is InChI=1S/C65H122O12/c1-4-7-10-13-16-19-22-24-26-28-29-31-33-35-38-41-44-47-50-53-59(68)76-63-61(70)60(69)62(64(71)72)77-65(63)74-55-56(75-58(67)52-49-46-43-40-36-21-18-15-12-9-6-3)54-73-57(66)51-48-45-42-39-37-34-32-30-27-25-23-20-17-14-11-8-5-2/h56,60-63,65,69-70H,4-55H2,1-3H3,(H,71,72). The zero-order chi connectivity index (χ0) is 56.1. The van der Waals surface area contributed by atoms with Crippen LogP contribution in [0.5, 0.6) is 0 Å². The highest BCUT2D eigenvalue weighted by molar-refractivity contribution is 5.74. The summed E-state index contributed by atoms with van der Waals surface area (Å²) >= 11 is 0. The monoisotopic (exact) mass is 1090 g/mol. The third-order valence-electron chi connectivity index (χ3n) is 15.7. The number of hydrogen-bond acceptors (Lipinski definition) is 11. The van der Waals surface area contributed by atoms with E-state index in [1.807, 2.05) is 0 Å². The number of carboxylic acid groups (broad SMARTS) is 1. The van der Waals surface area contributed by atoms with Crippen LogP contribution >= 0.6 is 0 Å². The Hall–Kier alpha value is -2.28. The molecular weight excluding hydrogens is 973 g/mol. The predicted octanol–water partition coefficient (Wildman–Crippen LogP) is 17.5. The molecule has 0 radical (unpaired) electrons. The Balaban J connectivity index is 2.58. The summed E-state index contributed by atoms with van der Waals surface area (Å²) in [6.07, 6.45) is 47.8. The molecule has 0 aromatic carbocycles. The van der Waals surface area contributed by atoms with Crippen LogP contribution in [0.2, 0.25) is 0 Å². The maximum absolute atomic E-state index is 13.1. The largest absolute Gasteiger partial charge is 0.479 e. The molecule has 1 saturated heterocycles. The second kappa shape index (κ2) is 54.3. The summed E-state index contributed by atoms with van der Waals surface area (Å²) in [6.45, 7) is 6.06. The molecule has 1 heterocycles. The van der Waals surface area contributed by atoms with E-state index >= 15 is 0 Å². The number of hydrogen-bond donors (Lipinski definition) is 3. The highest BCUT2D eigenvalue weighted by Crippen LogP contribution is 2.27. The summed E-state index contributed by atoms with van der Waals surface area (Å²) in [7, 11) is 0. The molecule has 6 atom stereocenters. The van der Waals surface area contributed by atoms with Crippen molar-refractivity contribution in [3.8, 4) is 0 Å². The van der Waals surface area contributed by atoms with Crippen LogP contribution in [-0.4, -0.2) is 89.2 Å². The first kappa shape index (κ1) is 72.7. The molecule has 0 aromatic heterocycles. The first-order valence-electron chi connectivity index (χ1n) is 33.0. The lowest BCUT2D eigenvalue weighted by molar-refractivity contribution is -0.301. The van der Waals surface area contributed by atoms with E-state index in [1.165, 1.54) is 225 Å². The molecule has 12 heteroatoms.